The van der Waals surface area contributed by atoms with E-state index in [0.717, 1.165) is 79.1 Å². The fraction of sp³-hybridized carbons (Fsp3) is 0.407. The van der Waals surface area contributed by atoms with Crippen LogP contribution in [0.1, 0.15) is 18.4 Å². The van der Waals surface area contributed by atoms with Gasteiger partial charge in [0.25, 0.3) is 0 Å². The number of halogens is 1. The number of rotatable bonds is 9. The van der Waals surface area contributed by atoms with E-state index in [1.807, 2.05) is 18.3 Å². The second-order valence-electron chi connectivity index (χ2n) is 9.92. The molecule has 11 heteroatoms. The molecule has 1 saturated heterocycles. The number of imidazole rings is 1. The number of hydrogen-bond acceptors (Lipinski definition) is 9. The summed E-state index contributed by atoms with van der Waals surface area (Å²) < 4.78 is 5.80. The van der Waals surface area contributed by atoms with Crippen LogP contribution in [-0.2, 0) is 6.54 Å². The van der Waals surface area contributed by atoms with Crippen LogP contribution in [0.25, 0.3) is 22.3 Å². The van der Waals surface area contributed by atoms with Crippen molar-refractivity contribution in [3.8, 4) is 17.0 Å². The number of anilines is 3. The van der Waals surface area contributed by atoms with Crippen molar-refractivity contribution in [2.75, 3.05) is 57.1 Å². The van der Waals surface area contributed by atoms with Gasteiger partial charge in [0.05, 0.1) is 18.1 Å². The number of nitrogens with one attached hydrogen (secondary N) is 3. The monoisotopic (exact) mass is 535 g/mol. The molecule has 0 spiro atoms. The molecule has 4 heterocycles. The van der Waals surface area contributed by atoms with Crippen LogP contribution in [0, 0.1) is 5.92 Å². The topological polar surface area (TPSA) is 107 Å². The van der Waals surface area contributed by atoms with E-state index in [1.54, 1.807) is 13.4 Å². The Balaban J connectivity index is 0.00000294. The Bertz CT molecular complexity index is 1380. The first-order chi connectivity index (χ1) is 18.2. The second kappa shape index (κ2) is 11.5. The Morgan fingerprint density at radius 2 is 1.95 bits per heavy atom. The van der Waals surface area contributed by atoms with Crippen molar-refractivity contribution in [2.45, 2.75) is 19.4 Å². The van der Waals surface area contributed by atoms with E-state index in [2.05, 4.69) is 65.6 Å². The highest BCUT2D eigenvalue weighted by Gasteiger charge is 2.26. The zero-order valence-corrected chi connectivity index (χ0v) is 22.6. The maximum atomic E-state index is 5.80. The zero-order chi connectivity index (χ0) is 25.2. The molecule has 3 N–H and O–H groups in total. The van der Waals surface area contributed by atoms with Gasteiger partial charge in [-0.3, -0.25) is 4.90 Å². The lowest BCUT2D eigenvalue weighted by Gasteiger charge is -2.27. The molecule has 4 aromatic rings. The smallest absolute Gasteiger partial charge is 0.206 e. The lowest BCUT2D eigenvalue weighted by molar-refractivity contribution is 0.233. The Kier molecular flexibility index (Phi) is 7.92. The summed E-state index contributed by atoms with van der Waals surface area (Å²) in [5, 5.41) is 6.73. The highest BCUT2D eigenvalue weighted by Crippen LogP contribution is 2.38. The van der Waals surface area contributed by atoms with Crippen molar-refractivity contribution in [1.82, 2.24) is 35.1 Å². The molecule has 38 heavy (non-hydrogen) atoms. The van der Waals surface area contributed by atoms with Crippen molar-refractivity contribution in [3.05, 3.63) is 48.4 Å². The van der Waals surface area contributed by atoms with Crippen LogP contribution in [0.15, 0.2) is 42.9 Å². The van der Waals surface area contributed by atoms with Gasteiger partial charge in [0.15, 0.2) is 11.6 Å². The maximum absolute atomic E-state index is 5.80. The molecule has 6 rings (SSSR count). The molecule has 1 saturated carbocycles. The van der Waals surface area contributed by atoms with Crippen LogP contribution in [-0.4, -0.2) is 76.7 Å². The molecule has 0 radical (unpaired) electrons. The van der Waals surface area contributed by atoms with Gasteiger partial charge in [-0.1, -0.05) is 6.07 Å². The number of H-pyrrole nitrogens is 1. The lowest BCUT2D eigenvalue weighted by Crippen LogP contribution is -2.42. The third kappa shape index (κ3) is 5.82. The van der Waals surface area contributed by atoms with E-state index in [1.165, 1.54) is 18.4 Å². The number of benzene rings is 1. The van der Waals surface area contributed by atoms with E-state index < -0.39 is 0 Å². The van der Waals surface area contributed by atoms with Gasteiger partial charge in [-0.05, 0) is 48.6 Å². The summed E-state index contributed by atoms with van der Waals surface area (Å²) in [6, 6.07) is 10.2. The molecule has 200 valence electrons. The Labute approximate surface area is 228 Å². The van der Waals surface area contributed by atoms with Crippen LogP contribution in [0.2, 0.25) is 0 Å². The molecule has 1 aliphatic heterocycles. The maximum Gasteiger partial charge on any atom is 0.206 e. The number of ether oxygens (including phenoxy) is 1. The standard InChI is InChI=1S/C27H33N9O.ClH/c1-35(15-18-3-4-18)26-25(37-2)24(30-17-31-26)20-5-6-21-22(14-20)33-27(32-21)34-23-13-19(7-8-29-23)16-36-11-9-28-10-12-36;/h5-8,13-14,17-18,28H,3-4,9-12,15-16H2,1-2H3,(H2,29,32,33,34);1H. The highest BCUT2D eigenvalue weighted by atomic mass is 35.5. The third-order valence-corrected chi connectivity index (χ3v) is 7.02. The number of aromatic nitrogens is 5. The molecule has 0 bridgehead atoms. The number of aromatic amines is 1. The van der Waals surface area contributed by atoms with E-state index in [0.29, 0.717) is 11.7 Å². The summed E-state index contributed by atoms with van der Waals surface area (Å²) in [4.78, 5) is 26.3. The Hall–Kier alpha value is -3.47. The van der Waals surface area contributed by atoms with Crippen LogP contribution in [0.3, 0.4) is 0 Å². The second-order valence-corrected chi connectivity index (χ2v) is 9.92. The van der Waals surface area contributed by atoms with Crippen molar-refractivity contribution in [3.63, 3.8) is 0 Å². The van der Waals surface area contributed by atoms with Crippen LogP contribution >= 0.6 is 12.4 Å². The van der Waals surface area contributed by atoms with Gasteiger partial charge in [-0.25, -0.2) is 19.9 Å². The Morgan fingerprint density at radius 3 is 2.74 bits per heavy atom. The molecule has 0 amide bonds. The SMILES string of the molecule is COc1c(-c2ccc3nc(Nc4cc(CN5CCNCC5)ccn4)[nH]c3c2)ncnc1N(C)CC1CC1.Cl. The average molecular weight is 536 g/mol. The number of fused-ring (bicyclic) bond motifs is 1. The quantitative estimate of drug-likeness (QED) is 0.294. The number of methoxy groups -OCH3 is 1. The molecule has 1 aromatic carbocycles. The van der Waals surface area contributed by atoms with Crippen LogP contribution in [0.5, 0.6) is 5.75 Å². The minimum atomic E-state index is 0. The largest absolute Gasteiger partial charge is 0.491 e. The zero-order valence-electron chi connectivity index (χ0n) is 21.8. The van der Waals surface area contributed by atoms with Crippen molar-refractivity contribution < 1.29 is 4.74 Å². The normalized spacial score (nSPS) is 15.7. The highest BCUT2D eigenvalue weighted by molar-refractivity contribution is 5.86. The molecule has 1 aliphatic carbocycles. The first-order valence-electron chi connectivity index (χ1n) is 12.9. The molecule has 2 fully saturated rings. The fourth-order valence-corrected chi connectivity index (χ4v) is 4.91. The van der Waals surface area contributed by atoms with Crippen molar-refractivity contribution >= 4 is 41.0 Å². The molecule has 10 nitrogen and oxygen atoms in total. The molecule has 0 unspecified atom stereocenters. The number of nitrogens with zero attached hydrogens (tertiary/aromatic N) is 6. The number of hydrogen-bond donors (Lipinski definition) is 3. The van der Waals surface area contributed by atoms with Gasteiger partial charge in [0.2, 0.25) is 5.95 Å². The van der Waals surface area contributed by atoms with Gasteiger partial charge in [0.1, 0.15) is 17.8 Å². The van der Waals surface area contributed by atoms with Gasteiger partial charge >= 0.3 is 0 Å². The summed E-state index contributed by atoms with van der Waals surface area (Å²) in [6.07, 6.45) is 6.03. The van der Waals surface area contributed by atoms with Crippen LogP contribution < -0.4 is 20.3 Å². The first-order valence-corrected chi connectivity index (χ1v) is 12.9. The first kappa shape index (κ1) is 26.1. The molecule has 2 aliphatic rings. The van der Waals surface area contributed by atoms with E-state index >= 15 is 0 Å². The summed E-state index contributed by atoms with van der Waals surface area (Å²) in [5.41, 5.74) is 4.71. The predicted molar refractivity (Wildman–Crippen MR) is 153 cm³/mol. The van der Waals surface area contributed by atoms with E-state index in [9.17, 15) is 0 Å². The molecule has 0 atom stereocenters. The van der Waals surface area contributed by atoms with Gasteiger partial charge in [-0.2, -0.15) is 0 Å². The Morgan fingerprint density at radius 1 is 1.11 bits per heavy atom. The average Bonchev–Trinajstić information content (AvgIpc) is 3.65. The summed E-state index contributed by atoms with van der Waals surface area (Å²) in [7, 11) is 3.74. The van der Waals surface area contributed by atoms with Crippen molar-refractivity contribution in [2.24, 2.45) is 5.92 Å². The number of piperazine rings is 1. The molecular weight excluding hydrogens is 502 g/mol. The summed E-state index contributed by atoms with van der Waals surface area (Å²) in [5.74, 6) is 3.68. The van der Waals surface area contributed by atoms with Gasteiger partial charge in [-0.15, -0.1) is 12.4 Å². The van der Waals surface area contributed by atoms with E-state index in [4.69, 9.17) is 9.72 Å². The third-order valence-electron chi connectivity index (χ3n) is 7.02. The predicted octanol–water partition coefficient (Wildman–Crippen LogP) is 3.84. The van der Waals surface area contributed by atoms with Crippen molar-refractivity contribution in [1.29, 1.82) is 0 Å². The fourth-order valence-electron chi connectivity index (χ4n) is 4.91. The number of pyridine rings is 1. The minimum absolute atomic E-state index is 0. The molecule has 3 aromatic heterocycles. The summed E-state index contributed by atoms with van der Waals surface area (Å²) >= 11 is 0. The van der Waals surface area contributed by atoms with E-state index in [-0.39, 0.29) is 12.4 Å². The lowest BCUT2D eigenvalue weighted by atomic mass is 10.1. The van der Waals surface area contributed by atoms with Gasteiger partial charge < -0.3 is 25.3 Å². The minimum Gasteiger partial charge on any atom is -0.491 e. The van der Waals surface area contributed by atoms with Gasteiger partial charge in [0, 0.05) is 58.1 Å². The van der Waals surface area contributed by atoms with Crippen LogP contribution in [0.4, 0.5) is 17.6 Å². The molecular formula is C27H34ClN9O. The summed E-state index contributed by atoms with van der Waals surface area (Å²) in [6.45, 7) is 6.10.